The summed E-state index contributed by atoms with van der Waals surface area (Å²) < 4.78 is 7.91. The van der Waals surface area contributed by atoms with Gasteiger partial charge in [-0.05, 0) is 70.6 Å². The molecule has 1 aliphatic rings. The van der Waals surface area contributed by atoms with E-state index in [1.165, 1.54) is 59.9 Å². The zero-order chi connectivity index (χ0) is 38.7. The molecular formula is C51H56GeIrN2O-2. The van der Waals surface area contributed by atoms with Crippen LogP contribution in [0.25, 0.3) is 55.6 Å². The van der Waals surface area contributed by atoms with E-state index in [4.69, 9.17) is 9.40 Å². The van der Waals surface area contributed by atoms with Crippen molar-refractivity contribution < 1.29 is 24.5 Å². The Morgan fingerprint density at radius 2 is 1.59 bits per heavy atom. The molecule has 291 valence electrons. The van der Waals surface area contributed by atoms with Gasteiger partial charge in [0, 0.05) is 26.3 Å². The van der Waals surface area contributed by atoms with Crippen LogP contribution in [0.4, 0.5) is 0 Å². The molecule has 0 bridgehead atoms. The maximum absolute atomic E-state index is 6.31. The number of aryl methyl sites for hydroxylation is 2. The molecule has 4 aromatic carbocycles. The van der Waals surface area contributed by atoms with Gasteiger partial charge >= 0.3 is 144 Å². The Bertz CT molecular complexity index is 2420. The first kappa shape index (κ1) is 41.8. The number of aromatic nitrogens is 2. The summed E-state index contributed by atoms with van der Waals surface area (Å²) in [4.78, 5) is 9.49. The van der Waals surface area contributed by atoms with E-state index < -0.39 is 13.3 Å². The van der Waals surface area contributed by atoms with Gasteiger partial charge in [-0.3, -0.25) is 0 Å². The van der Waals surface area contributed by atoms with Crippen molar-refractivity contribution >= 4 is 39.6 Å². The molecule has 0 saturated heterocycles. The zero-order valence-corrected chi connectivity index (χ0v) is 39.0. The summed E-state index contributed by atoms with van der Waals surface area (Å²) in [5.74, 6) is 8.33. The van der Waals surface area contributed by atoms with Crippen LogP contribution < -0.4 is 4.40 Å². The first-order chi connectivity index (χ1) is 26.5. The van der Waals surface area contributed by atoms with Gasteiger partial charge in [0.25, 0.3) is 0 Å². The largest absolute Gasteiger partial charge is 0 e. The van der Waals surface area contributed by atoms with E-state index in [0.29, 0.717) is 0 Å². The number of pyridine rings is 2. The molecule has 0 atom stereocenters. The fourth-order valence-corrected chi connectivity index (χ4v) is 11.7. The second-order valence-electron chi connectivity index (χ2n) is 17.0. The van der Waals surface area contributed by atoms with Gasteiger partial charge in [0.15, 0.2) is 0 Å². The van der Waals surface area contributed by atoms with E-state index in [0.717, 1.165) is 63.2 Å². The fourth-order valence-electron chi connectivity index (χ4n) is 8.38. The molecule has 1 aliphatic carbocycles. The van der Waals surface area contributed by atoms with Crippen LogP contribution in [0.1, 0.15) is 81.5 Å². The van der Waals surface area contributed by atoms with Crippen LogP contribution in [0, 0.1) is 31.9 Å². The van der Waals surface area contributed by atoms with Crippen LogP contribution in [0.5, 0.6) is 0 Å². The molecule has 0 aliphatic heterocycles. The maximum Gasteiger partial charge on any atom is 0 e. The van der Waals surface area contributed by atoms with Crippen molar-refractivity contribution in [1.82, 2.24) is 9.97 Å². The zero-order valence-electron chi connectivity index (χ0n) is 34.5. The monoisotopic (exact) mass is 979 g/mol. The Hall–Kier alpha value is -3.83. The van der Waals surface area contributed by atoms with Gasteiger partial charge in [0.1, 0.15) is 5.58 Å². The third-order valence-corrected chi connectivity index (χ3v) is 16.5. The minimum atomic E-state index is -1.89. The Labute approximate surface area is 351 Å². The number of hydrogen-bond donors (Lipinski definition) is 0. The van der Waals surface area contributed by atoms with Crippen molar-refractivity contribution in [2.24, 2.45) is 5.92 Å². The predicted molar refractivity (Wildman–Crippen MR) is 236 cm³/mol. The molecular weight excluding hydrogens is 921 g/mol. The van der Waals surface area contributed by atoms with Crippen LogP contribution in [-0.4, -0.2) is 23.2 Å². The minimum absolute atomic E-state index is 0. The van der Waals surface area contributed by atoms with E-state index in [1.807, 2.05) is 18.3 Å². The molecule has 0 N–H and O–H groups in total. The molecule has 3 aromatic heterocycles. The van der Waals surface area contributed by atoms with E-state index in [2.05, 4.69) is 154 Å². The molecule has 3 heterocycles. The van der Waals surface area contributed by atoms with E-state index in [1.54, 1.807) is 9.96 Å². The minimum Gasteiger partial charge on any atom is 0 e. The van der Waals surface area contributed by atoms with Crippen molar-refractivity contribution in [3.05, 3.63) is 138 Å². The first-order valence-electron chi connectivity index (χ1n) is 20.4. The SMILES string of the molecule is CCC(C)(CC)c1ccnc(-c2[c-]c3oc4cc(C)cc(-c5ccccc5)c4c3cc2)c1.Cc1ccc[c-]c1-c1cc(CC2CCCC2)[c]([Ge]([CH3])([CH3])[CH3])cn1.[Ir]. The average molecular weight is 978 g/mol. The van der Waals surface area contributed by atoms with Gasteiger partial charge in [-0.1, -0.05) is 74.7 Å². The van der Waals surface area contributed by atoms with Crippen LogP contribution in [-0.2, 0) is 31.9 Å². The summed E-state index contributed by atoms with van der Waals surface area (Å²) >= 11 is -1.89. The normalized spacial score (nSPS) is 13.4. The number of benzene rings is 4. The molecule has 1 saturated carbocycles. The number of rotatable bonds is 9. The Balaban J connectivity index is 0.000000197. The number of fused-ring (bicyclic) bond motifs is 3. The smallest absolute Gasteiger partial charge is 0 e. The summed E-state index contributed by atoms with van der Waals surface area (Å²) in [7, 11) is 0. The summed E-state index contributed by atoms with van der Waals surface area (Å²) in [6, 6.07) is 39.0. The second kappa shape index (κ2) is 17.8. The molecule has 56 heavy (non-hydrogen) atoms. The summed E-state index contributed by atoms with van der Waals surface area (Å²) in [5.41, 5.74) is 13.7. The average Bonchev–Trinajstić information content (AvgIpc) is 3.85. The number of hydrogen-bond acceptors (Lipinski definition) is 3. The van der Waals surface area contributed by atoms with Crippen molar-refractivity contribution in [3.8, 4) is 33.6 Å². The maximum atomic E-state index is 6.31. The summed E-state index contributed by atoms with van der Waals surface area (Å²) in [5, 5.41) is 2.23. The molecule has 5 heteroatoms. The van der Waals surface area contributed by atoms with Crippen molar-refractivity contribution in [2.45, 2.75) is 102 Å². The van der Waals surface area contributed by atoms with Crippen LogP contribution in [0.2, 0.25) is 17.3 Å². The molecule has 3 nitrogen and oxygen atoms in total. The predicted octanol–water partition coefficient (Wildman–Crippen LogP) is 13.6. The van der Waals surface area contributed by atoms with Gasteiger partial charge in [0.05, 0.1) is 5.58 Å². The third-order valence-electron chi connectivity index (χ3n) is 12.1. The Morgan fingerprint density at radius 1 is 0.839 bits per heavy atom. The van der Waals surface area contributed by atoms with Crippen LogP contribution in [0.3, 0.4) is 0 Å². The molecule has 0 amide bonds. The van der Waals surface area contributed by atoms with E-state index in [9.17, 15) is 0 Å². The van der Waals surface area contributed by atoms with E-state index >= 15 is 0 Å². The van der Waals surface area contributed by atoms with Gasteiger partial charge in [0.2, 0.25) is 0 Å². The Morgan fingerprint density at radius 3 is 2.29 bits per heavy atom. The van der Waals surface area contributed by atoms with Gasteiger partial charge in [-0.15, -0.1) is 17.7 Å². The van der Waals surface area contributed by atoms with Gasteiger partial charge in [-0.25, -0.2) is 0 Å². The third kappa shape index (κ3) is 8.99. The van der Waals surface area contributed by atoms with Gasteiger partial charge in [-0.2, -0.15) is 0 Å². The summed E-state index contributed by atoms with van der Waals surface area (Å²) in [6.45, 7) is 11.1. The molecule has 1 fully saturated rings. The molecule has 1 radical (unpaired) electrons. The Kier molecular flexibility index (Phi) is 13.3. The fraction of sp³-hybridized carbons (Fsp3) is 0.333. The van der Waals surface area contributed by atoms with Gasteiger partial charge < -0.3 is 9.40 Å². The molecule has 8 rings (SSSR count). The molecule has 0 spiro atoms. The topological polar surface area (TPSA) is 38.9 Å². The summed E-state index contributed by atoms with van der Waals surface area (Å²) in [6.07, 6.45) is 13.2. The quantitative estimate of drug-likeness (QED) is 0.107. The van der Waals surface area contributed by atoms with Crippen molar-refractivity contribution in [2.75, 3.05) is 0 Å². The second-order valence-corrected chi connectivity index (χ2v) is 27.6. The standard InChI is InChI=1S/C30H28NO.C21H28GeN.Ir/c1-5-30(4,6-2)23-14-15-31-26(19-23)22-12-13-24-27(18-22)32-28-17-20(3)16-25(29(24)28)21-10-8-7-9-11-21;1-16-9-5-8-12-19(16)21-14-18(13-17-10-6-7-11-17)20(15-23-21)22(2,3)4;/h7-17,19H,5-6H2,1-4H3;5,8-9,14-15,17H,6-7,10-11,13H2,1-4H3;/q2*-1;. The molecule has 0 unspecified atom stereocenters. The molecule has 7 aromatic rings. The number of nitrogens with zero attached hydrogens (tertiary/aromatic N) is 2. The van der Waals surface area contributed by atoms with E-state index in [-0.39, 0.29) is 25.5 Å². The van der Waals surface area contributed by atoms with Crippen molar-refractivity contribution in [3.63, 3.8) is 0 Å². The van der Waals surface area contributed by atoms with Crippen LogP contribution in [0.15, 0.2) is 108 Å². The number of furan rings is 1. The van der Waals surface area contributed by atoms with Crippen LogP contribution >= 0.6 is 0 Å². The van der Waals surface area contributed by atoms with Crippen molar-refractivity contribution in [1.29, 1.82) is 0 Å². The first-order valence-corrected chi connectivity index (χ1v) is 27.7.